The van der Waals surface area contributed by atoms with Gasteiger partial charge in [0.15, 0.2) is 11.5 Å². The van der Waals surface area contributed by atoms with E-state index >= 15 is 0 Å². The Morgan fingerprint density at radius 3 is 2.33 bits per heavy atom. The van der Waals surface area contributed by atoms with Crippen molar-refractivity contribution in [2.24, 2.45) is 0 Å². The van der Waals surface area contributed by atoms with Crippen molar-refractivity contribution in [3.05, 3.63) is 70.7 Å². The molecule has 0 fully saturated rings. The Labute approximate surface area is 181 Å². The highest BCUT2D eigenvalue weighted by atomic mass is 79.9. The molecule has 4 aromatic rings. The molecular weight excluding hydrogens is 448 g/mol. The fraction of sp³-hybridized carbons (Fsp3) is 0.130. The van der Waals surface area contributed by atoms with Crippen LogP contribution in [0.4, 0.5) is 0 Å². The van der Waals surface area contributed by atoms with Crippen molar-refractivity contribution in [3.63, 3.8) is 0 Å². The van der Waals surface area contributed by atoms with Gasteiger partial charge in [-0.2, -0.15) is 0 Å². The molecule has 0 saturated carbocycles. The number of nitrogens with zero attached hydrogens (tertiary/aromatic N) is 2. The molecule has 0 aliphatic carbocycles. The summed E-state index contributed by atoms with van der Waals surface area (Å²) in [5, 5.41) is 0. The summed E-state index contributed by atoms with van der Waals surface area (Å²) in [6, 6.07) is 18.4. The summed E-state index contributed by atoms with van der Waals surface area (Å²) < 4.78 is 19.2. The Kier molecular flexibility index (Phi) is 4.67. The van der Waals surface area contributed by atoms with Gasteiger partial charge in [-0.05, 0) is 36.4 Å². The summed E-state index contributed by atoms with van der Waals surface area (Å²) in [4.78, 5) is 18.3. The van der Waals surface area contributed by atoms with Crippen LogP contribution in [0, 0.1) is 0 Å². The van der Waals surface area contributed by atoms with Gasteiger partial charge >= 0.3 is 0 Å². The van der Waals surface area contributed by atoms with Crippen LogP contribution in [0.1, 0.15) is 10.4 Å². The van der Waals surface area contributed by atoms with Gasteiger partial charge in [-0.25, -0.2) is 4.98 Å². The molecule has 1 aliphatic heterocycles. The van der Waals surface area contributed by atoms with Crippen LogP contribution in [0.3, 0.4) is 0 Å². The molecule has 0 bridgehead atoms. The lowest BCUT2D eigenvalue weighted by atomic mass is 10.1. The third-order valence-electron chi connectivity index (χ3n) is 4.96. The first-order valence-corrected chi connectivity index (χ1v) is 10.2. The SMILES string of the molecule is COc1ccc(C(=O)n2c(-c3ccc(Br)cc3)nc3cc4c(cc32)OCCO4)cc1. The standard InChI is InChI=1S/C23H17BrN2O4/c1-28-17-8-4-15(5-9-17)23(27)26-19-13-21-20(29-10-11-30-21)12-18(19)25-22(26)14-2-6-16(24)7-3-14/h2-9,12-13H,10-11H2,1H3. The Morgan fingerprint density at radius 1 is 1.00 bits per heavy atom. The highest BCUT2D eigenvalue weighted by Gasteiger charge is 2.23. The molecule has 1 aromatic heterocycles. The van der Waals surface area contributed by atoms with E-state index in [0.29, 0.717) is 52.9 Å². The Morgan fingerprint density at radius 2 is 1.67 bits per heavy atom. The fourth-order valence-electron chi connectivity index (χ4n) is 3.48. The van der Waals surface area contributed by atoms with Crippen LogP contribution in [-0.2, 0) is 0 Å². The Balaban J connectivity index is 1.72. The molecule has 6 nitrogen and oxygen atoms in total. The number of halogens is 1. The van der Waals surface area contributed by atoms with E-state index in [1.165, 1.54) is 0 Å². The molecule has 0 unspecified atom stereocenters. The Bertz CT molecular complexity index is 1250. The number of hydrogen-bond acceptors (Lipinski definition) is 5. The second-order valence-corrected chi connectivity index (χ2v) is 7.71. The van der Waals surface area contributed by atoms with Crippen LogP contribution in [0.5, 0.6) is 17.2 Å². The predicted octanol–water partition coefficient (Wildman–Crippen LogP) is 4.93. The molecule has 3 aromatic carbocycles. The van der Waals surface area contributed by atoms with Gasteiger partial charge in [-0.15, -0.1) is 0 Å². The van der Waals surface area contributed by atoms with Crippen LogP contribution < -0.4 is 14.2 Å². The molecule has 2 heterocycles. The highest BCUT2D eigenvalue weighted by Crippen LogP contribution is 2.37. The minimum Gasteiger partial charge on any atom is -0.497 e. The second kappa shape index (κ2) is 7.50. The van der Waals surface area contributed by atoms with Crippen LogP contribution in [0.2, 0.25) is 0 Å². The maximum Gasteiger partial charge on any atom is 0.264 e. The number of imidazole rings is 1. The number of methoxy groups -OCH3 is 1. The summed E-state index contributed by atoms with van der Waals surface area (Å²) in [5.41, 5.74) is 2.69. The number of ether oxygens (including phenoxy) is 3. The summed E-state index contributed by atoms with van der Waals surface area (Å²) in [6.07, 6.45) is 0. The van der Waals surface area contributed by atoms with Gasteiger partial charge < -0.3 is 14.2 Å². The van der Waals surface area contributed by atoms with Crippen LogP contribution in [-0.4, -0.2) is 35.8 Å². The highest BCUT2D eigenvalue weighted by molar-refractivity contribution is 9.10. The van der Waals surface area contributed by atoms with Crippen molar-refractivity contribution in [2.45, 2.75) is 0 Å². The van der Waals surface area contributed by atoms with E-state index in [0.717, 1.165) is 10.0 Å². The maximum absolute atomic E-state index is 13.6. The zero-order valence-corrected chi connectivity index (χ0v) is 17.7. The smallest absolute Gasteiger partial charge is 0.264 e. The van der Waals surface area contributed by atoms with Gasteiger partial charge in [0.1, 0.15) is 24.8 Å². The summed E-state index contributed by atoms with van der Waals surface area (Å²) in [7, 11) is 1.59. The van der Waals surface area contributed by atoms with E-state index in [1.807, 2.05) is 36.4 Å². The first kappa shape index (κ1) is 18.7. The molecule has 150 valence electrons. The fourth-order valence-corrected chi connectivity index (χ4v) is 3.74. The van der Waals surface area contributed by atoms with Crippen molar-refractivity contribution in [1.29, 1.82) is 0 Å². The normalized spacial score (nSPS) is 12.7. The molecule has 5 rings (SSSR count). The molecule has 0 spiro atoms. The zero-order valence-electron chi connectivity index (χ0n) is 16.1. The van der Waals surface area contributed by atoms with Crippen molar-refractivity contribution >= 4 is 32.9 Å². The number of hydrogen-bond donors (Lipinski definition) is 0. The molecule has 7 heteroatoms. The third-order valence-corrected chi connectivity index (χ3v) is 5.49. The molecular formula is C23H17BrN2O4. The van der Waals surface area contributed by atoms with E-state index in [1.54, 1.807) is 35.9 Å². The monoisotopic (exact) mass is 464 g/mol. The molecule has 0 N–H and O–H groups in total. The molecule has 30 heavy (non-hydrogen) atoms. The molecule has 0 atom stereocenters. The molecule has 0 radical (unpaired) electrons. The predicted molar refractivity (Wildman–Crippen MR) is 117 cm³/mol. The summed E-state index contributed by atoms with van der Waals surface area (Å²) in [6.45, 7) is 0.961. The maximum atomic E-state index is 13.6. The second-order valence-electron chi connectivity index (χ2n) is 6.80. The van der Waals surface area contributed by atoms with E-state index in [4.69, 9.17) is 19.2 Å². The molecule has 0 amide bonds. The van der Waals surface area contributed by atoms with Crippen molar-refractivity contribution in [2.75, 3.05) is 20.3 Å². The van der Waals surface area contributed by atoms with Crippen LogP contribution in [0.15, 0.2) is 65.1 Å². The average Bonchev–Trinajstić information content (AvgIpc) is 3.15. The topological polar surface area (TPSA) is 62.6 Å². The van der Waals surface area contributed by atoms with Gasteiger partial charge in [-0.3, -0.25) is 9.36 Å². The van der Waals surface area contributed by atoms with Crippen molar-refractivity contribution < 1.29 is 19.0 Å². The van der Waals surface area contributed by atoms with Gasteiger partial charge in [-0.1, -0.05) is 28.1 Å². The number of rotatable bonds is 3. The van der Waals surface area contributed by atoms with Gasteiger partial charge in [0.05, 0.1) is 18.1 Å². The third kappa shape index (κ3) is 3.21. The summed E-state index contributed by atoms with van der Waals surface area (Å²) in [5.74, 6) is 2.31. The lowest BCUT2D eigenvalue weighted by molar-refractivity contribution is 0.0966. The number of carbonyl (C=O) groups excluding carboxylic acids is 1. The van der Waals surface area contributed by atoms with Gasteiger partial charge in [0.2, 0.25) is 0 Å². The van der Waals surface area contributed by atoms with Crippen molar-refractivity contribution in [3.8, 4) is 28.6 Å². The van der Waals surface area contributed by atoms with E-state index < -0.39 is 0 Å². The quantitative estimate of drug-likeness (QED) is 0.429. The van der Waals surface area contributed by atoms with Gasteiger partial charge in [0.25, 0.3) is 5.91 Å². The average molecular weight is 465 g/mol. The lowest BCUT2D eigenvalue weighted by Crippen LogP contribution is -2.16. The van der Waals surface area contributed by atoms with Crippen molar-refractivity contribution in [1.82, 2.24) is 9.55 Å². The van der Waals surface area contributed by atoms with Crippen LogP contribution >= 0.6 is 15.9 Å². The first-order valence-electron chi connectivity index (χ1n) is 9.41. The first-order chi connectivity index (χ1) is 14.6. The van der Waals surface area contributed by atoms with Crippen LogP contribution in [0.25, 0.3) is 22.4 Å². The minimum absolute atomic E-state index is 0.185. The Hall–Kier alpha value is -3.32. The van der Waals surface area contributed by atoms with E-state index in [-0.39, 0.29) is 5.91 Å². The lowest BCUT2D eigenvalue weighted by Gasteiger charge is -2.18. The number of benzene rings is 3. The molecule has 0 saturated heterocycles. The number of fused-ring (bicyclic) bond motifs is 2. The van der Waals surface area contributed by atoms with Gasteiger partial charge in [0, 0.05) is 27.7 Å². The van der Waals surface area contributed by atoms with E-state index in [2.05, 4.69) is 15.9 Å². The molecule has 1 aliphatic rings. The minimum atomic E-state index is -0.185. The van der Waals surface area contributed by atoms with E-state index in [9.17, 15) is 4.79 Å². The largest absolute Gasteiger partial charge is 0.497 e. The number of aromatic nitrogens is 2. The zero-order chi connectivity index (χ0) is 20.7. The summed E-state index contributed by atoms with van der Waals surface area (Å²) >= 11 is 3.46. The number of carbonyl (C=O) groups is 1.